The summed E-state index contributed by atoms with van der Waals surface area (Å²) in [5.74, 6) is -0.947. The van der Waals surface area contributed by atoms with E-state index in [-0.39, 0.29) is 5.69 Å². The molecule has 30 heavy (non-hydrogen) atoms. The highest BCUT2D eigenvalue weighted by molar-refractivity contribution is 5.95. The highest BCUT2D eigenvalue weighted by atomic mass is 19.4. The van der Waals surface area contributed by atoms with Crippen molar-refractivity contribution >= 4 is 11.6 Å². The van der Waals surface area contributed by atoms with Gasteiger partial charge in [-0.15, -0.1) is 0 Å². The van der Waals surface area contributed by atoms with E-state index in [0.717, 1.165) is 30.5 Å². The lowest BCUT2D eigenvalue weighted by atomic mass is 9.91. The summed E-state index contributed by atoms with van der Waals surface area (Å²) in [5, 5.41) is 11.9. The molecule has 1 unspecified atom stereocenters. The van der Waals surface area contributed by atoms with Crippen LogP contribution >= 0.6 is 0 Å². The van der Waals surface area contributed by atoms with Crippen LogP contribution in [0.3, 0.4) is 0 Å². The first-order valence-corrected chi connectivity index (χ1v) is 9.24. The molecule has 0 radical (unpaired) electrons. The minimum absolute atomic E-state index is 0.0212. The van der Waals surface area contributed by atoms with E-state index < -0.39 is 35.3 Å². The third kappa shape index (κ3) is 4.95. The number of carbonyl (C=O) groups excluding carboxylic acids is 1. The third-order valence-electron chi connectivity index (χ3n) is 4.76. The lowest BCUT2D eigenvalue weighted by Gasteiger charge is -2.32. The molecule has 0 aliphatic heterocycles. The summed E-state index contributed by atoms with van der Waals surface area (Å²) >= 11 is 0. The van der Waals surface area contributed by atoms with Crippen molar-refractivity contribution in [3.05, 3.63) is 65.7 Å². The lowest BCUT2D eigenvalue weighted by molar-refractivity contribution is -0.376. The molecule has 0 aromatic heterocycles. The van der Waals surface area contributed by atoms with Crippen molar-refractivity contribution in [2.75, 3.05) is 5.32 Å². The van der Waals surface area contributed by atoms with E-state index in [2.05, 4.69) is 5.32 Å². The Morgan fingerprint density at radius 2 is 1.47 bits per heavy atom. The van der Waals surface area contributed by atoms with E-state index in [1.54, 1.807) is 30.3 Å². The largest absolute Gasteiger partial charge is 0.430 e. The first-order valence-electron chi connectivity index (χ1n) is 9.24. The topological polar surface area (TPSA) is 49.3 Å². The molecule has 3 nitrogen and oxygen atoms in total. The van der Waals surface area contributed by atoms with Crippen LogP contribution in [0.15, 0.2) is 54.6 Å². The lowest BCUT2D eigenvalue weighted by Crippen LogP contribution is -2.53. The molecule has 164 valence electrons. The van der Waals surface area contributed by atoms with Crippen molar-refractivity contribution in [2.45, 2.75) is 50.1 Å². The summed E-state index contributed by atoms with van der Waals surface area (Å²) in [6.07, 6.45) is -9.79. The highest BCUT2D eigenvalue weighted by Crippen LogP contribution is 2.50. The van der Waals surface area contributed by atoms with Crippen molar-refractivity contribution in [2.24, 2.45) is 0 Å². The smallest absolute Gasteiger partial charge is 0.369 e. The summed E-state index contributed by atoms with van der Waals surface area (Å²) in [5.41, 5.74) is -5.61. The summed E-state index contributed by atoms with van der Waals surface area (Å²) in [7, 11) is 0. The van der Waals surface area contributed by atoms with Gasteiger partial charge >= 0.3 is 12.4 Å². The Morgan fingerprint density at radius 1 is 0.933 bits per heavy atom. The summed E-state index contributed by atoms with van der Waals surface area (Å²) < 4.78 is 77.8. The van der Waals surface area contributed by atoms with E-state index in [1.807, 2.05) is 6.92 Å². The van der Waals surface area contributed by atoms with Crippen molar-refractivity contribution in [1.29, 1.82) is 0 Å². The Bertz CT molecular complexity index is 817. The maximum absolute atomic E-state index is 13.0. The molecule has 2 N–H and O–H groups in total. The summed E-state index contributed by atoms with van der Waals surface area (Å²) in [4.78, 5) is 12.7. The number of halogens is 6. The number of aliphatic hydroxyl groups is 1. The van der Waals surface area contributed by atoms with Crippen molar-refractivity contribution in [3.63, 3.8) is 0 Å². The quantitative estimate of drug-likeness (QED) is 0.534. The van der Waals surface area contributed by atoms with E-state index in [9.17, 15) is 36.2 Å². The monoisotopic (exact) mass is 433 g/mol. The van der Waals surface area contributed by atoms with Gasteiger partial charge in [0.25, 0.3) is 5.60 Å². The van der Waals surface area contributed by atoms with Gasteiger partial charge in [0, 0.05) is 11.3 Å². The number of rotatable bonds is 7. The number of amides is 1. The average molecular weight is 433 g/mol. The minimum Gasteiger partial charge on any atom is -0.369 e. The van der Waals surface area contributed by atoms with Crippen molar-refractivity contribution < 1.29 is 36.2 Å². The third-order valence-corrected chi connectivity index (χ3v) is 4.76. The van der Waals surface area contributed by atoms with Gasteiger partial charge in [0.1, 0.15) is 0 Å². The molecule has 0 aliphatic rings. The molecule has 0 bridgehead atoms. The number of hydrogen-bond acceptors (Lipinski definition) is 2. The molecule has 1 amide bonds. The number of carbonyl (C=O) groups is 1. The number of alkyl halides is 6. The van der Waals surface area contributed by atoms with Crippen LogP contribution in [0, 0.1) is 0 Å². The fraction of sp³-hybridized carbons (Fsp3) is 0.381. The molecule has 0 saturated carbocycles. The van der Waals surface area contributed by atoms with E-state index in [4.69, 9.17) is 0 Å². The molecule has 0 aliphatic carbocycles. The molecule has 0 spiro atoms. The Labute approximate surface area is 169 Å². The number of benzene rings is 2. The standard InChI is InChI=1S/C21H21F6NO2/c1-2-3-9-17(14-7-5-4-6-8-14)18(29)28-16-12-10-15(11-13-16)19(30,20(22,23)24)21(25,26)27/h4-8,10-13,17,30H,2-3,9H2,1H3,(H,28,29). The number of unbranched alkanes of at least 4 members (excludes halogenated alkanes) is 1. The van der Waals surface area contributed by atoms with Gasteiger partial charge in [0.05, 0.1) is 5.92 Å². The second-order valence-corrected chi connectivity index (χ2v) is 6.88. The molecular formula is C21H21F6NO2. The van der Waals surface area contributed by atoms with Gasteiger partial charge in [-0.25, -0.2) is 0 Å². The fourth-order valence-corrected chi connectivity index (χ4v) is 3.05. The second kappa shape index (κ2) is 9.07. The molecule has 2 rings (SSSR count). The van der Waals surface area contributed by atoms with Gasteiger partial charge < -0.3 is 10.4 Å². The highest BCUT2D eigenvalue weighted by Gasteiger charge is 2.71. The van der Waals surface area contributed by atoms with Crippen LogP contribution in [0.2, 0.25) is 0 Å². The van der Waals surface area contributed by atoms with Crippen LogP contribution in [-0.4, -0.2) is 23.4 Å². The molecule has 9 heteroatoms. The van der Waals surface area contributed by atoms with Gasteiger partial charge in [-0.1, -0.05) is 62.2 Å². The Balaban J connectivity index is 2.26. The summed E-state index contributed by atoms with van der Waals surface area (Å²) in [6.45, 7) is 1.96. The Hall–Kier alpha value is -2.55. The predicted octanol–water partition coefficient (Wildman–Crippen LogP) is 5.91. The number of nitrogens with one attached hydrogen (secondary N) is 1. The zero-order chi connectivity index (χ0) is 22.6. The van der Waals surface area contributed by atoms with Crippen LogP contribution in [0.25, 0.3) is 0 Å². The van der Waals surface area contributed by atoms with Gasteiger partial charge in [0.15, 0.2) is 0 Å². The minimum atomic E-state index is -5.96. The van der Waals surface area contributed by atoms with E-state index in [1.165, 1.54) is 0 Å². The van der Waals surface area contributed by atoms with Gasteiger partial charge in [0.2, 0.25) is 5.91 Å². The molecular weight excluding hydrogens is 412 g/mol. The van der Waals surface area contributed by atoms with Crippen LogP contribution in [-0.2, 0) is 10.4 Å². The maximum Gasteiger partial charge on any atom is 0.430 e. The molecule has 2 aromatic carbocycles. The SMILES string of the molecule is CCCCC(C(=O)Nc1ccc(C(O)(C(F)(F)F)C(F)(F)F)cc1)c1ccccc1. The summed E-state index contributed by atoms with van der Waals surface area (Å²) in [6, 6.07) is 11.7. The van der Waals surface area contributed by atoms with E-state index in [0.29, 0.717) is 18.6 Å². The van der Waals surface area contributed by atoms with Gasteiger partial charge in [-0.2, -0.15) is 26.3 Å². The van der Waals surface area contributed by atoms with Gasteiger partial charge in [-0.3, -0.25) is 4.79 Å². The second-order valence-electron chi connectivity index (χ2n) is 6.88. The fourth-order valence-electron chi connectivity index (χ4n) is 3.05. The normalized spacial score (nSPS) is 13.7. The molecule has 0 fully saturated rings. The van der Waals surface area contributed by atoms with Crippen molar-refractivity contribution in [1.82, 2.24) is 0 Å². The average Bonchev–Trinajstić information content (AvgIpc) is 2.67. The molecule has 0 saturated heterocycles. The maximum atomic E-state index is 13.0. The Morgan fingerprint density at radius 3 is 1.93 bits per heavy atom. The predicted molar refractivity (Wildman–Crippen MR) is 99.8 cm³/mol. The van der Waals surface area contributed by atoms with Gasteiger partial charge in [-0.05, 0) is 24.1 Å². The van der Waals surface area contributed by atoms with Crippen molar-refractivity contribution in [3.8, 4) is 0 Å². The van der Waals surface area contributed by atoms with E-state index >= 15 is 0 Å². The molecule has 1 atom stereocenters. The van der Waals surface area contributed by atoms with Crippen LogP contribution in [0.1, 0.15) is 43.2 Å². The molecule has 2 aromatic rings. The van der Waals surface area contributed by atoms with Crippen LogP contribution in [0.5, 0.6) is 0 Å². The first kappa shape index (κ1) is 23.7. The van der Waals surface area contributed by atoms with Crippen LogP contribution in [0.4, 0.5) is 32.0 Å². The zero-order valence-electron chi connectivity index (χ0n) is 16.0. The number of hydrogen-bond donors (Lipinski definition) is 2. The first-order chi connectivity index (χ1) is 13.9. The van der Waals surface area contributed by atoms with Crippen LogP contribution < -0.4 is 5.32 Å². The zero-order valence-corrected chi connectivity index (χ0v) is 16.0. The molecule has 0 heterocycles. The Kier molecular flexibility index (Phi) is 7.18. The number of anilines is 1.